The Morgan fingerprint density at radius 3 is 3.06 bits per heavy atom. The Bertz CT molecular complexity index is 466. The van der Waals surface area contributed by atoms with Crippen LogP contribution in [0.3, 0.4) is 0 Å². The molecule has 3 rings (SSSR count). The second-order valence-corrected chi connectivity index (χ2v) is 5.50. The normalized spacial score (nSPS) is 18.3. The molecule has 0 bridgehead atoms. The SMILES string of the molecule is CN(CC1CC1)C(=O)c1cccc2c1CCNC2. The summed E-state index contributed by atoms with van der Waals surface area (Å²) in [5.41, 5.74) is 3.45. The first-order chi connectivity index (χ1) is 8.75. The fourth-order valence-corrected chi connectivity index (χ4v) is 2.71. The highest BCUT2D eigenvalue weighted by molar-refractivity contribution is 5.96. The van der Waals surface area contributed by atoms with Crippen LogP contribution in [-0.2, 0) is 13.0 Å². The van der Waals surface area contributed by atoms with E-state index in [0.717, 1.165) is 37.5 Å². The predicted octanol–water partition coefficient (Wildman–Crippen LogP) is 1.81. The van der Waals surface area contributed by atoms with E-state index in [9.17, 15) is 4.79 Å². The van der Waals surface area contributed by atoms with E-state index in [2.05, 4.69) is 11.4 Å². The van der Waals surface area contributed by atoms with Crippen molar-refractivity contribution in [1.29, 1.82) is 0 Å². The van der Waals surface area contributed by atoms with Gasteiger partial charge in [-0.05, 0) is 48.9 Å². The van der Waals surface area contributed by atoms with Crippen LogP contribution in [-0.4, -0.2) is 30.9 Å². The van der Waals surface area contributed by atoms with E-state index >= 15 is 0 Å². The first kappa shape index (κ1) is 11.7. The smallest absolute Gasteiger partial charge is 0.253 e. The van der Waals surface area contributed by atoms with E-state index in [4.69, 9.17) is 0 Å². The maximum absolute atomic E-state index is 12.5. The van der Waals surface area contributed by atoms with Crippen LogP contribution in [0.5, 0.6) is 0 Å². The minimum Gasteiger partial charge on any atom is -0.341 e. The second kappa shape index (κ2) is 4.73. The number of fused-ring (bicyclic) bond motifs is 1. The monoisotopic (exact) mass is 244 g/mol. The average Bonchev–Trinajstić information content (AvgIpc) is 3.21. The van der Waals surface area contributed by atoms with Gasteiger partial charge in [0.25, 0.3) is 5.91 Å². The maximum atomic E-state index is 12.5. The van der Waals surface area contributed by atoms with E-state index < -0.39 is 0 Å². The highest BCUT2D eigenvalue weighted by Crippen LogP contribution is 2.30. The summed E-state index contributed by atoms with van der Waals surface area (Å²) >= 11 is 0. The lowest BCUT2D eigenvalue weighted by Crippen LogP contribution is -2.32. The molecule has 3 nitrogen and oxygen atoms in total. The minimum atomic E-state index is 0.195. The average molecular weight is 244 g/mol. The zero-order valence-corrected chi connectivity index (χ0v) is 10.9. The van der Waals surface area contributed by atoms with Crippen molar-refractivity contribution in [3.63, 3.8) is 0 Å². The summed E-state index contributed by atoms with van der Waals surface area (Å²) in [6.45, 7) is 2.78. The third-order valence-electron chi connectivity index (χ3n) is 3.95. The highest BCUT2D eigenvalue weighted by atomic mass is 16.2. The maximum Gasteiger partial charge on any atom is 0.253 e. The summed E-state index contributed by atoms with van der Waals surface area (Å²) in [6.07, 6.45) is 3.54. The Morgan fingerprint density at radius 2 is 2.28 bits per heavy atom. The van der Waals surface area contributed by atoms with Crippen LogP contribution in [0, 0.1) is 5.92 Å². The summed E-state index contributed by atoms with van der Waals surface area (Å²) in [5.74, 6) is 0.945. The zero-order valence-electron chi connectivity index (χ0n) is 10.9. The topological polar surface area (TPSA) is 32.3 Å². The quantitative estimate of drug-likeness (QED) is 0.879. The standard InChI is InChI=1S/C15H20N2O/c1-17(10-11-5-6-11)15(18)14-4-2-3-12-9-16-8-7-13(12)14/h2-4,11,16H,5-10H2,1H3. The van der Waals surface area contributed by atoms with Gasteiger partial charge in [-0.15, -0.1) is 0 Å². The number of rotatable bonds is 3. The van der Waals surface area contributed by atoms with Gasteiger partial charge in [-0.1, -0.05) is 12.1 Å². The van der Waals surface area contributed by atoms with E-state index in [-0.39, 0.29) is 5.91 Å². The molecule has 1 aliphatic carbocycles. The summed E-state index contributed by atoms with van der Waals surface area (Å²) in [7, 11) is 1.93. The number of hydrogen-bond donors (Lipinski definition) is 1. The third kappa shape index (κ3) is 2.27. The number of benzene rings is 1. The van der Waals surface area contributed by atoms with Crippen molar-refractivity contribution in [2.75, 3.05) is 20.1 Å². The van der Waals surface area contributed by atoms with Gasteiger partial charge in [-0.25, -0.2) is 0 Å². The van der Waals surface area contributed by atoms with Crippen molar-refractivity contribution in [2.45, 2.75) is 25.8 Å². The van der Waals surface area contributed by atoms with Crippen molar-refractivity contribution in [2.24, 2.45) is 5.92 Å². The molecule has 1 heterocycles. The van der Waals surface area contributed by atoms with Crippen molar-refractivity contribution in [1.82, 2.24) is 10.2 Å². The summed E-state index contributed by atoms with van der Waals surface area (Å²) in [6, 6.07) is 6.11. The fraction of sp³-hybridized carbons (Fsp3) is 0.533. The van der Waals surface area contributed by atoms with Gasteiger partial charge in [-0.2, -0.15) is 0 Å². The number of carbonyl (C=O) groups is 1. The van der Waals surface area contributed by atoms with Gasteiger partial charge in [0.2, 0.25) is 0 Å². The van der Waals surface area contributed by atoms with E-state index in [1.807, 2.05) is 24.1 Å². The van der Waals surface area contributed by atoms with E-state index in [1.165, 1.54) is 24.0 Å². The minimum absolute atomic E-state index is 0.195. The Hall–Kier alpha value is -1.35. The molecular weight excluding hydrogens is 224 g/mol. The van der Waals surface area contributed by atoms with Crippen molar-refractivity contribution in [3.8, 4) is 0 Å². The van der Waals surface area contributed by atoms with Crippen LogP contribution in [0.2, 0.25) is 0 Å². The van der Waals surface area contributed by atoms with Crippen LogP contribution in [0.1, 0.15) is 34.3 Å². The predicted molar refractivity (Wildman–Crippen MR) is 71.5 cm³/mol. The molecule has 0 spiro atoms. The molecule has 0 atom stereocenters. The number of amides is 1. The molecule has 1 saturated carbocycles. The van der Waals surface area contributed by atoms with Crippen LogP contribution < -0.4 is 5.32 Å². The molecule has 0 radical (unpaired) electrons. The van der Waals surface area contributed by atoms with Crippen molar-refractivity contribution < 1.29 is 4.79 Å². The van der Waals surface area contributed by atoms with Crippen LogP contribution in [0.4, 0.5) is 0 Å². The first-order valence-corrected chi connectivity index (χ1v) is 6.82. The van der Waals surface area contributed by atoms with Crippen molar-refractivity contribution >= 4 is 5.91 Å². The highest BCUT2D eigenvalue weighted by Gasteiger charge is 2.26. The van der Waals surface area contributed by atoms with Gasteiger partial charge >= 0.3 is 0 Å². The second-order valence-electron chi connectivity index (χ2n) is 5.50. The van der Waals surface area contributed by atoms with Crippen LogP contribution in [0.15, 0.2) is 18.2 Å². The Balaban J connectivity index is 1.83. The lowest BCUT2D eigenvalue weighted by molar-refractivity contribution is 0.0787. The first-order valence-electron chi connectivity index (χ1n) is 6.82. The number of carbonyl (C=O) groups excluding carboxylic acids is 1. The molecule has 1 amide bonds. The zero-order chi connectivity index (χ0) is 12.5. The Labute approximate surface area is 108 Å². The summed E-state index contributed by atoms with van der Waals surface area (Å²) < 4.78 is 0. The molecule has 2 aliphatic rings. The summed E-state index contributed by atoms with van der Waals surface area (Å²) in [5, 5.41) is 3.35. The number of hydrogen-bond acceptors (Lipinski definition) is 2. The van der Waals surface area contributed by atoms with Gasteiger partial charge in [0.05, 0.1) is 0 Å². The number of nitrogens with zero attached hydrogens (tertiary/aromatic N) is 1. The molecule has 1 aromatic rings. The fourth-order valence-electron chi connectivity index (χ4n) is 2.71. The molecule has 0 unspecified atom stereocenters. The molecule has 1 N–H and O–H groups in total. The molecule has 1 aromatic carbocycles. The van der Waals surface area contributed by atoms with Gasteiger partial charge in [0, 0.05) is 25.7 Å². The third-order valence-corrected chi connectivity index (χ3v) is 3.95. The number of nitrogens with one attached hydrogen (secondary N) is 1. The lowest BCUT2D eigenvalue weighted by Gasteiger charge is -2.23. The molecule has 18 heavy (non-hydrogen) atoms. The van der Waals surface area contributed by atoms with Gasteiger partial charge in [0.1, 0.15) is 0 Å². The van der Waals surface area contributed by atoms with Crippen LogP contribution in [0.25, 0.3) is 0 Å². The molecule has 3 heteroatoms. The molecule has 1 fully saturated rings. The van der Waals surface area contributed by atoms with Crippen molar-refractivity contribution in [3.05, 3.63) is 34.9 Å². The Morgan fingerprint density at radius 1 is 1.44 bits per heavy atom. The largest absolute Gasteiger partial charge is 0.341 e. The molecule has 96 valence electrons. The van der Waals surface area contributed by atoms with Crippen LogP contribution >= 0.6 is 0 Å². The Kier molecular flexibility index (Phi) is 3.08. The van der Waals surface area contributed by atoms with Gasteiger partial charge in [0.15, 0.2) is 0 Å². The molecule has 1 aliphatic heterocycles. The van der Waals surface area contributed by atoms with Gasteiger partial charge in [-0.3, -0.25) is 4.79 Å². The van der Waals surface area contributed by atoms with E-state index in [0.29, 0.717) is 0 Å². The van der Waals surface area contributed by atoms with Gasteiger partial charge < -0.3 is 10.2 Å². The lowest BCUT2D eigenvalue weighted by atomic mass is 9.95. The van der Waals surface area contributed by atoms with E-state index in [1.54, 1.807) is 0 Å². The molecule has 0 saturated heterocycles. The molecule has 0 aromatic heterocycles. The molecular formula is C15H20N2O. The summed E-state index contributed by atoms with van der Waals surface area (Å²) in [4.78, 5) is 14.4.